The Bertz CT molecular complexity index is 599. The fourth-order valence-corrected chi connectivity index (χ4v) is 4.14. The van der Waals surface area contributed by atoms with Crippen molar-refractivity contribution in [3.05, 3.63) is 34.9 Å². The highest BCUT2D eigenvalue weighted by molar-refractivity contribution is 6.30. The number of rotatable bonds is 11. The van der Waals surface area contributed by atoms with Crippen LogP contribution in [0.15, 0.2) is 24.3 Å². The van der Waals surface area contributed by atoms with E-state index in [1.807, 2.05) is 24.3 Å². The van der Waals surface area contributed by atoms with Gasteiger partial charge in [0.2, 0.25) is 5.91 Å². The van der Waals surface area contributed by atoms with Gasteiger partial charge >= 0.3 is 5.97 Å². The monoisotopic (exact) mass is 395 g/mol. The number of aryl methyl sites for hydroxylation is 1. The Morgan fingerprint density at radius 1 is 1.26 bits per heavy atom. The maximum absolute atomic E-state index is 12.9. The van der Waals surface area contributed by atoms with E-state index in [0.29, 0.717) is 24.6 Å². The number of ether oxygens (including phenoxy) is 1. The summed E-state index contributed by atoms with van der Waals surface area (Å²) in [6, 6.07) is 7.69. The van der Waals surface area contributed by atoms with Crippen molar-refractivity contribution in [2.45, 2.75) is 44.9 Å². The van der Waals surface area contributed by atoms with E-state index in [0.717, 1.165) is 38.5 Å². The molecule has 150 valence electrons. The van der Waals surface area contributed by atoms with E-state index in [4.69, 9.17) is 16.3 Å². The standard InChI is InChI=1S/C21H30ClNO4/c1-27-14-12-18(21(25)26)19(16-6-2-3-7-16)20(24)23-13-4-5-15-8-10-17(22)11-9-15/h8-11,16,18-19H,2-7,12-14H2,1H3,(H,23,24)(H,25,26). The van der Waals surface area contributed by atoms with Crippen LogP contribution in [0.3, 0.4) is 0 Å². The van der Waals surface area contributed by atoms with E-state index in [1.165, 1.54) is 5.56 Å². The summed E-state index contributed by atoms with van der Waals surface area (Å²) in [5, 5.41) is 13.4. The summed E-state index contributed by atoms with van der Waals surface area (Å²) in [6.07, 6.45) is 6.02. The first-order valence-corrected chi connectivity index (χ1v) is 10.1. The van der Waals surface area contributed by atoms with Crippen LogP contribution in [0.4, 0.5) is 0 Å². The summed E-state index contributed by atoms with van der Waals surface area (Å²) in [5.74, 6) is -2.04. The number of hydrogen-bond donors (Lipinski definition) is 2. The summed E-state index contributed by atoms with van der Waals surface area (Å²) in [5.41, 5.74) is 1.17. The highest BCUT2D eigenvalue weighted by Gasteiger charge is 2.40. The molecule has 2 N–H and O–H groups in total. The second kappa shape index (κ2) is 11.3. The molecular weight excluding hydrogens is 366 g/mol. The molecule has 1 fully saturated rings. The lowest BCUT2D eigenvalue weighted by atomic mass is 9.78. The first-order valence-electron chi connectivity index (χ1n) is 9.76. The molecule has 0 radical (unpaired) electrons. The van der Waals surface area contributed by atoms with E-state index in [1.54, 1.807) is 7.11 Å². The van der Waals surface area contributed by atoms with E-state index in [2.05, 4.69) is 5.32 Å². The predicted molar refractivity (Wildman–Crippen MR) is 106 cm³/mol. The minimum Gasteiger partial charge on any atom is -0.481 e. The number of carbonyl (C=O) groups excluding carboxylic acids is 1. The van der Waals surface area contributed by atoms with Crippen molar-refractivity contribution in [3.8, 4) is 0 Å². The lowest BCUT2D eigenvalue weighted by molar-refractivity contribution is -0.149. The van der Waals surface area contributed by atoms with Crippen LogP contribution < -0.4 is 5.32 Å². The Labute approximate surface area is 166 Å². The van der Waals surface area contributed by atoms with Gasteiger partial charge in [0.05, 0.1) is 11.8 Å². The molecule has 1 aromatic rings. The average Bonchev–Trinajstić information content (AvgIpc) is 3.17. The van der Waals surface area contributed by atoms with Gasteiger partial charge in [0.15, 0.2) is 0 Å². The van der Waals surface area contributed by atoms with Crippen LogP contribution in [0.25, 0.3) is 0 Å². The molecule has 1 aromatic carbocycles. The number of carbonyl (C=O) groups is 2. The largest absolute Gasteiger partial charge is 0.481 e. The van der Waals surface area contributed by atoms with Crippen molar-refractivity contribution in [1.82, 2.24) is 5.32 Å². The minimum atomic E-state index is -0.903. The summed E-state index contributed by atoms with van der Waals surface area (Å²) in [4.78, 5) is 24.7. The minimum absolute atomic E-state index is 0.124. The first kappa shape index (κ1) is 21.7. The van der Waals surface area contributed by atoms with Gasteiger partial charge < -0.3 is 15.2 Å². The molecule has 2 rings (SSSR count). The summed E-state index contributed by atoms with van der Waals surface area (Å²) >= 11 is 5.89. The summed E-state index contributed by atoms with van der Waals surface area (Å²) < 4.78 is 5.07. The molecule has 0 aliphatic heterocycles. The van der Waals surface area contributed by atoms with Crippen molar-refractivity contribution < 1.29 is 19.4 Å². The highest BCUT2D eigenvalue weighted by Crippen LogP contribution is 2.37. The van der Waals surface area contributed by atoms with Crippen molar-refractivity contribution in [2.24, 2.45) is 17.8 Å². The number of methoxy groups -OCH3 is 1. The van der Waals surface area contributed by atoms with Crippen molar-refractivity contribution >= 4 is 23.5 Å². The van der Waals surface area contributed by atoms with Crippen molar-refractivity contribution in [1.29, 1.82) is 0 Å². The van der Waals surface area contributed by atoms with Gasteiger partial charge in [-0.15, -0.1) is 0 Å². The molecule has 2 unspecified atom stereocenters. The Morgan fingerprint density at radius 2 is 1.93 bits per heavy atom. The maximum atomic E-state index is 12.9. The van der Waals surface area contributed by atoms with Crippen LogP contribution in [0, 0.1) is 17.8 Å². The van der Waals surface area contributed by atoms with Crippen LogP contribution in [-0.2, 0) is 20.7 Å². The lowest BCUT2D eigenvalue weighted by Crippen LogP contribution is -2.42. The Balaban J connectivity index is 1.91. The molecule has 1 amide bonds. The Morgan fingerprint density at radius 3 is 2.52 bits per heavy atom. The van der Waals surface area contributed by atoms with Gasteiger partial charge in [-0.3, -0.25) is 9.59 Å². The number of amides is 1. The zero-order valence-corrected chi connectivity index (χ0v) is 16.7. The third-order valence-corrected chi connectivity index (χ3v) is 5.70. The molecule has 5 nitrogen and oxygen atoms in total. The van der Waals surface area contributed by atoms with Gasteiger partial charge in [0.1, 0.15) is 0 Å². The molecule has 6 heteroatoms. The summed E-state index contributed by atoms with van der Waals surface area (Å²) in [7, 11) is 1.56. The van der Waals surface area contributed by atoms with E-state index in [-0.39, 0.29) is 11.8 Å². The van der Waals surface area contributed by atoms with Crippen LogP contribution in [-0.4, -0.2) is 37.2 Å². The van der Waals surface area contributed by atoms with Crippen molar-refractivity contribution in [2.75, 3.05) is 20.3 Å². The fraction of sp³-hybridized carbons (Fsp3) is 0.619. The van der Waals surface area contributed by atoms with E-state index < -0.39 is 17.8 Å². The highest BCUT2D eigenvalue weighted by atomic mass is 35.5. The molecule has 0 aromatic heterocycles. The topological polar surface area (TPSA) is 75.6 Å². The average molecular weight is 396 g/mol. The molecule has 1 aliphatic carbocycles. The number of carboxylic acids is 1. The number of benzene rings is 1. The van der Waals surface area contributed by atoms with Gasteiger partial charge in [0.25, 0.3) is 0 Å². The van der Waals surface area contributed by atoms with Crippen LogP contribution in [0.1, 0.15) is 44.1 Å². The van der Waals surface area contributed by atoms with Gasteiger partial charge in [-0.2, -0.15) is 0 Å². The van der Waals surface area contributed by atoms with Gasteiger partial charge in [-0.05, 0) is 55.7 Å². The van der Waals surface area contributed by atoms with Crippen LogP contribution in [0.5, 0.6) is 0 Å². The number of aliphatic carboxylic acids is 1. The normalized spacial score (nSPS) is 16.8. The zero-order valence-electron chi connectivity index (χ0n) is 16.0. The summed E-state index contributed by atoms with van der Waals surface area (Å²) in [6.45, 7) is 0.894. The number of nitrogens with one attached hydrogen (secondary N) is 1. The predicted octanol–water partition coefficient (Wildman–Crippen LogP) is 3.93. The van der Waals surface area contributed by atoms with E-state index in [9.17, 15) is 14.7 Å². The van der Waals surface area contributed by atoms with Crippen LogP contribution in [0.2, 0.25) is 5.02 Å². The SMILES string of the molecule is COCCC(C(=O)O)C(C(=O)NCCCc1ccc(Cl)cc1)C1CCCC1. The van der Waals surface area contributed by atoms with Gasteiger partial charge in [0, 0.05) is 25.3 Å². The Kier molecular flexibility index (Phi) is 9.08. The molecule has 0 heterocycles. The lowest BCUT2D eigenvalue weighted by Gasteiger charge is -2.28. The molecule has 2 atom stereocenters. The second-order valence-corrected chi connectivity index (χ2v) is 7.75. The molecule has 0 bridgehead atoms. The number of halogens is 1. The fourth-order valence-electron chi connectivity index (χ4n) is 4.02. The molecule has 1 saturated carbocycles. The third kappa shape index (κ3) is 6.82. The molecule has 1 aliphatic rings. The smallest absolute Gasteiger partial charge is 0.307 e. The number of carboxylic acid groups (broad SMARTS) is 1. The first-order chi connectivity index (χ1) is 13.0. The van der Waals surface area contributed by atoms with Gasteiger partial charge in [-0.1, -0.05) is 36.6 Å². The van der Waals surface area contributed by atoms with Crippen LogP contribution >= 0.6 is 11.6 Å². The molecular formula is C21H30ClNO4. The Hall–Kier alpha value is -1.59. The quantitative estimate of drug-likeness (QED) is 0.556. The van der Waals surface area contributed by atoms with E-state index >= 15 is 0 Å². The number of hydrogen-bond acceptors (Lipinski definition) is 3. The van der Waals surface area contributed by atoms with Crippen molar-refractivity contribution in [3.63, 3.8) is 0 Å². The molecule has 27 heavy (non-hydrogen) atoms. The molecule has 0 spiro atoms. The molecule has 0 saturated heterocycles. The zero-order chi connectivity index (χ0) is 19.6. The second-order valence-electron chi connectivity index (χ2n) is 7.32. The maximum Gasteiger partial charge on any atom is 0.307 e. The third-order valence-electron chi connectivity index (χ3n) is 5.45. The van der Waals surface area contributed by atoms with Gasteiger partial charge in [-0.25, -0.2) is 0 Å².